The predicted molar refractivity (Wildman–Crippen MR) is 63.1 cm³/mol. The van der Waals surface area contributed by atoms with Crippen LogP contribution in [0.25, 0.3) is 0 Å². The fraction of sp³-hybridized carbons (Fsp3) is 0.364. The highest BCUT2D eigenvalue weighted by molar-refractivity contribution is 6.32. The summed E-state index contributed by atoms with van der Waals surface area (Å²) in [5.74, 6) is -0.188. The van der Waals surface area contributed by atoms with E-state index in [1.807, 2.05) is 0 Å². The molecule has 1 atom stereocenters. The number of ether oxygens (including phenoxy) is 1. The molecule has 1 rings (SSSR count). The molecule has 0 aromatic heterocycles. The Balaban J connectivity index is 3.57. The Labute approximate surface area is 104 Å². The van der Waals surface area contributed by atoms with Crippen molar-refractivity contribution >= 4 is 23.1 Å². The van der Waals surface area contributed by atoms with E-state index in [0.717, 1.165) is 0 Å². The first-order valence-corrected chi connectivity index (χ1v) is 5.48. The lowest BCUT2D eigenvalue weighted by Crippen LogP contribution is -2.99. The van der Waals surface area contributed by atoms with Gasteiger partial charge in [-0.15, -0.1) is 0 Å². The Kier molecular flexibility index (Phi) is 4.47. The molecule has 0 aliphatic carbocycles. The maximum atomic E-state index is 11.4. The minimum Gasteiger partial charge on any atom is -0.595 e. The molecule has 1 unspecified atom stereocenters. The number of hydrogen-bond acceptors (Lipinski definition) is 4. The van der Waals surface area contributed by atoms with E-state index in [2.05, 4.69) is 0 Å². The minimum absolute atomic E-state index is 0.0513. The van der Waals surface area contributed by atoms with Crippen LogP contribution in [0.2, 0.25) is 5.02 Å². The van der Waals surface area contributed by atoms with Gasteiger partial charge in [-0.25, -0.2) is 5.21 Å². The van der Waals surface area contributed by atoms with Crippen molar-refractivity contribution in [1.82, 2.24) is 0 Å². The third kappa shape index (κ3) is 2.76. The largest absolute Gasteiger partial charge is 0.595 e. The van der Waals surface area contributed by atoms with Crippen molar-refractivity contribution in [2.75, 3.05) is 6.61 Å². The molecule has 0 bridgehead atoms. The van der Waals surface area contributed by atoms with Crippen LogP contribution in [0.15, 0.2) is 6.07 Å². The van der Waals surface area contributed by atoms with Gasteiger partial charge in [0.05, 0.1) is 17.2 Å². The van der Waals surface area contributed by atoms with Crippen molar-refractivity contribution in [3.63, 3.8) is 0 Å². The Morgan fingerprint density at radius 3 is 2.65 bits per heavy atom. The molecule has 17 heavy (non-hydrogen) atoms. The van der Waals surface area contributed by atoms with E-state index in [4.69, 9.17) is 21.5 Å². The minimum atomic E-state index is -1.16. The zero-order chi connectivity index (χ0) is 13.2. The zero-order valence-electron chi connectivity index (χ0n) is 9.83. The fourth-order valence-corrected chi connectivity index (χ4v) is 1.74. The number of nitrogens with one attached hydrogen (secondary N) is 1. The topological polar surface area (TPSA) is 74.0 Å². The molecular weight excluding hydrogens is 246 g/mol. The number of halogens is 1. The van der Waals surface area contributed by atoms with Crippen LogP contribution in [-0.4, -0.2) is 17.6 Å². The lowest BCUT2D eigenvalue weighted by molar-refractivity contribution is -0.991. The van der Waals surface area contributed by atoms with Crippen molar-refractivity contribution in [2.24, 2.45) is 0 Å². The highest BCUT2D eigenvalue weighted by Gasteiger charge is 2.23. The van der Waals surface area contributed by atoms with E-state index in [9.17, 15) is 10.0 Å². The number of carbonyl (C=O) groups is 1. The molecule has 0 aliphatic heterocycles. The maximum absolute atomic E-state index is 11.4. The Bertz CT molecular complexity index is 446. The first-order chi connectivity index (χ1) is 7.90. The third-order valence-corrected chi connectivity index (χ3v) is 2.75. The van der Waals surface area contributed by atoms with E-state index in [1.54, 1.807) is 13.8 Å². The van der Waals surface area contributed by atoms with Gasteiger partial charge in [0.2, 0.25) is 5.69 Å². The van der Waals surface area contributed by atoms with Crippen molar-refractivity contribution in [1.29, 1.82) is 0 Å². The lowest BCUT2D eigenvalue weighted by atomic mass is 10.1. The number of ketones is 1. The second kappa shape index (κ2) is 5.46. The van der Waals surface area contributed by atoms with Crippen LogP contribution in [0.1, 0.15) is 29.8 Å². The average Bonchev–Trinajstić information content (AvgIpc) is 2.22. The molecule has 0 saturated carbocycles. The number of hydrogen-bond donors (Lipinski definition) is 2. The first kappa shape index (κ1) is 13.9. The van der Waals surface area contributed by atoms with E-state index >= 15 is 0 Å². The number of benzene rings is 1. The monoisotopic (exact) mass is 259 g/mol. The van der Waals surface area contributed by atoms with E-state index in [0.29, 0.717) is 5.56 Å². The number of carbonyl (C=O) groups excluding carboxylic acids is 1. The Morgan fingerprint density at radius 2 is 2.24 bits per heavy atom. The van der Waals surface area contributed by atoms with Crippen LogP contribution < -0.4 is 9.96 Å². The van der Waals surface area contributed by atoms with Crippen LogP contribution in [0.4, 0.5) is 5.69 Å². The summed E-state index contributed by atoms with van der Waals surface area (Å²) in [6.07, 6.45) is 0. The molecule has 6 heteroatoms. The molecule has 5 nitrogen and oxygen atoms in total. The molecule has 94 valence electrons. The van der Waals surface area contributed by atoms with Gasteiger partial charge in [0.1, 0.15) is 0 Å². The van der Waals surface area contributed by atoms with Gasteiger partial charge in [-0.3, -0.25) is 4.79 Å². The van der Waals surface area contributed by atoms with Crippen molar-refractivity contribution < 1.29 is 20.0 Å². The van der Waals surface area contributed by atoms with Gasteiger partial charge in [0, 0.05) is 5.56 Å². The summed E-state index contributed by atoms with van der Waals surface area (Å²) in [5.41, 5.74) is 0.539. The first-order valence-electron chi connectivity index (χ1n) is 5.10. The molecule has 0 fully saturated rings. The van der Waals surface area contributed by atoms with Gasteiger partial charge >= 0.3 is 0 Å². The fourth-order valence-electron chi connectivity index (χ4n) is 1.54. The van der Waals surface area contributed by atoms with Crippen LogP contribution >= 0.6 is 11.6 Å². The predicted octanol–water partition coefficient (Wildman–Crippen LogP) is 1.65. The van der Waals surface area contributed by atoms with Gasteiger partial charge in [-0.2, -0.15) is 5.23 Å². The molecule has 0 heterocycles. The summed E-state index contributed by atoms with van der Waals surface area (Å²) >= 11 is 5.91. The lowest BCUT2D eigenvalue weighted by Gasteiger charge is -2.20. The SMILES string of the molecule is CCOc1c(C(C)=O)cc(Cl)c(C)c1[NH+]([O-])O. The van der Waals surface area contributed by atoms with Crippen molar-refractivity contribution in [3.05, 3.63) is 27.4 Å². The zero-order valence-corrected chi connectivity index (χ0v) is 10.6. The molecule has 0 saturated heterocycles. The van der Waals surface area contributed by atoms with Crippen molar-refractivity contribution in [2.45, 2.75) is 20.8 Å². The summed E-state index contributed by atoms with van der Waals surface area (Å²) in [6, 6.07) is 1.44. The highest BCUT2D eigenvalue weighted by Crippen LogP contribution is 2.34. The summed E-state index contributed by atoms with van der Waals surface area (Å²) < 4.78 is 5.27. The number of Topliss-reactive ketones (excluding diaryl/α,β-unsaturated/α-hetero) is 1. The number of quaternary nitrogens is 1. The summed E-state index contributed by atoms with van der Waals surface area (Å²) in [4.78, 5) is 11.4. The molecule has 1 aromatic rings. The summed E-state index contributed by atoms with van der Waals surface area (Å²) in [7, 11) is 0. The Hall–Kier alpha value is -1.14. The molecule has 0 spiro atoms. The van der Waals surface area contributed by atoms with Crippen LogP contribution in [0.3, 0.4) is 0 Å². The second-order valence-electron chi connectivity index (χ2n) is 3.53. The van der Waals surface area contributed by atoms with Crippen LogP contribution in [0.5, 0.6) is 5.75 Å². The number of rotatable bonds is 4. The molecule has 2 N–H and O–H groups in total. The highest BCUT2D eigenvalue weighted by atomic mass is 35.5. The van der Waals surface area contributed by atoms with E-state index in [1.165, 1.54) is 13.0 Å². The Morgan fingerprint density at radius 1 is 1.65 bits per heavy atom. The van der Waals surface area contributed by atoms with Crippen LogP contribution in [-0.2, 0) is 0 Å². The van der Waals surface area contributed by atoms with Gasteiger partial charge in [-0.05, 0) is 26.8 Å². The van der Waals surface area contributed by atoms with E-state index < -0.39 is 5.23 Å². The maximum Gasteiger partial charge on any atom is 0.211 e. The molecule has 1 aromatic carbocycles. The van der Waals surface area contributed by atoms with Gasteiger partial charge in [0.15, 0.2) is 11.5 Å². The molecule has 0 aliphatic rings. The summed E-state index contributed by atoms with van der Waals surface area (Å²) in [6.45, 7) is 4.93. The standard InChI is InChI=1S/C11H14ClNO4/c1-4-17-11-8(7(3)14)5-9(12)6(2)10(11)13(15)16/h5,13,15H,4H2,1-3H3. The molecule has 0 radical (unpaired) electrons. The van der Waals surface area contributed by atoms with Gasteiger partial charge in [0.25, 0.3) is 0 Å². The van der Waals surface area contributed by atoms with Gasteiger partial charge < -0.3 is 9.94 Å². The average molecular weight is 260 g/mol. The van der Waals surface area contributed by atoms with Crippen LogP contribution in [0, 0.1) is 12.1 Å². The normalized spacial score (nSPS) is 12.4. The summed E-state index contributed by atoms with van der Waals surface area (Å²) in [5, 5.41) is 19.4. The molecule has 0 amide bonds. The van der Waals surface area contributed by atoms with Gasteiger partial charge in [-0.1, -0.05) is 11.6 Å². The second-order valence-corrected chi connectivity index (χ2v) is 3.94. The third-order valence-electron chi connectivity index (χ3n) is 2.36. The van der Waals surface area contributed by atoms with Crippen molar-refractivity contribution in [3.8, 4) is 5.75 Å². The van der Waals surface area contributed by atoms with E-state index in [-0.39, 0.29) is 34.4 Å². The molecular formula is C11H14ClNO4. The smallest absolute Gasteiger partial charge is 0.211 e. The quantitative estimate of drug-likeness (QED) is 0.637.